The van der Waals surface area contributed by atoms with Crippen LogP contribution in [0, 0.1) is 5.92 Å². The van der Waals surface area contributed by atoms with Gasteiger partial charge in [-0.25, -0.2) is 4.79 Å². The molecule has 0 aromatic heterocycles. The minimum atomic E-state index is -4.71. The Morgan fingerprint density at radius 2 is 1.87 bits per heavy atom. The maximum absolute atomic E-state index is 13.6. The second-order valence-corrected chi connectivity index (χ2v) is 7.92. The molecule has 1 spiro atoms. The number of piperidine rings is 1. The van der Waals surface area contributed by atoms with Crippen molar-refractivity contribution >= 4 is 12.0 Å². The zero-order valence-electron chi connectivity index (χ0n) is 16.5. The van der Waals surface area contributed by atoms with E-state index in [-0.39, 0.29) is 32.4 Å². The van der Waals surface area contributed by atoms with Crippen LogP contribution in [0.3, 0.4) is 0 Å². The molecule has 0 saturated carbocycles. The largest absolute Gasteiger partial charge is 0.465 e. The number of carbonyl (C=O) groups is 2. The first-order valence-electron chi connectivity index (χ1n) is 9.73. The number of carbonyl (C=O) groups excluding carboxylic acids is 1. The fraction of sp³-hybridized carbons (Fsp3) is 0.600. The minimum Gasteiger partial charge on any atom is -0.465 e. The van der Waals surface area contributed by atoms with Crippen molar-refractivity contribution in [2.75, 3.05) is 26.7 Å². The van der Waals surface area contributed by atoms with Gasteiger partial charge in [0.05, 0.1) is 24.4 Å². The number of likely N-dealkylation sites (tertiary alicyclic amines) is 1. The number of hydrogen-bond acceptors (Lipinski definition) is 4. The Bertz CT molecular complexity index is 765. The lowest BCUT2D eigenvalue weighted by molar-refractivity contribution is -0.227. The highest BCUT2D eigenvalue weighted by Gasteiger charge is 2.57. The molecule has 3 unspecified atom stereocenters. The van der Waals surface area contributed by atoms with Crippen LogP contribution in [0.2, 0.25) is 0 Å². The third-order valence-electron chi connectivity index (χ3n) is 6.14. The van der Waals surface area contributed by atoms with Gasteiger partial charge >= 0.3 is 12.3 Å². The summed E-state index contributed by atoms with van der Waals surface area (Å²) in [6.07, 6.45) is -6.63. The molecular formula is C20H25F3N2O5. The number of rotatable bonds is 4. The van der Waals surface area contributed by atoms with Crippen LogP contribution in [-0.2, 0) is 4.74 Å². The van der Waals surface area contributed by atoms with Crippen molar-refractivity contribution in [3.05, 3.63) is 35.9 Å². The van der Waals surface area contributed by atoms with Gasteiger partial charge in [0.15, 0.2) is 0 Å². The average Bonchev–Trinajstić information content (AvgIpc) is 3.05. The molecule has 2 heterocycles. The van der Waals surface area contributed by atoms with Gasteiger partial charge in [-0.15, -0.1) is 0 Å². The van der Waals surface area contributed by atoms with Crippen molar-refractivity contribution in [3.63, 3.8) is 0 Å². The van der Waals surface area contributed by atoms with Gasteiger partial charge in [-0.1, -0.05) is 18.2 Å². The lowest BCUT2D eigenvalue weighted by Gasteiger charge is -2.38. The van der Waals surface area contributed by atoms with E-state index in [1.807, 2.05) is 0 Å². The molecular weight excluding hydrogens is 405 g/mol. The summed E-state index contributed by atoms with van der Waals surface area (Å²) in [5.74, 6) is -2.58. The maximum Gasteiger partial charge on any atom is 0.407 e. The first kappa shape index (κ1) is 22.4. The highest BCUT2D eigenvalue weighted by atomic mass is 19.4. The molecule has 2 amide bonds. The molecule has 2 aliphatic heterocycles. The number of ether oxygens (including phenoxy) is 1. The Kier molecular flexibility index (Phi) is 6.28. The molecule has 166 valence electrons. The fourth-order valence-corrected chi connectivity index (χ4v) is 4.38. The number of aliphatic hydroxyl groups is 1. The molecule has 0 aliphatic carbocycles. The smallest absolute Gasteiger partial charge is 0.407 e. The number of hydrogen-bond donors (Lipinski definition) is 2. The monoisotopic (exact) mass is 430 g/mol. The predicted molar refractivity (Wildman–Crippen MR) is 100 cm³/mol. The van der Waals surface area contributed by atoms with Gasteiger partial charge in [-0.3, -0.25) is 4.79 Å². The van der Waals surface area contributed by atoms with E-state index in [9.17, 15) is 27.9 Å². The Morgan fingerprint density at radius 3 is 2.37 bits per heavy atom. The normalized spacial score (nSPS) is 24.6. The van der Waals surface area contributed by atoms with E-state index in [0.717, 1.165) is 0 Å². The van der Waals surface area contributed by atoms with Crippen LogP contribution in [0.25, 0.3) is 0 Å². The van der Waals surface area contributed by atoms with Crippen molar-refractivity contribution in [2.45, 2.75) is 43.2 Å². The van der Waals surface area contributed by atoms with E-state index in [1.165, 1.54) is 16.8 Å². The molecule has 3 rings (SSSR count). The van der Waals surface area contributed by atoms with E-state index >= 15 is 0 Å². The summed E-state index contributed by atoms with van der Waals surface area (Å²) in [4.78, 5) is 26.5. The van der Waals surface area contributed by atoms with Gasteiger partial charge in [0.1, 0.15) is 5.92 Å². The molecule has 2 saturated heterocycles. The van der Waals surface area contributed by atoms with Crippen LogP contribution < -0.4 is 0 Å². The summed E-state index contributed by atoms with van der Waals surface area (Å²) in [7, 11) is 1.44. The number of nitrogens with zero attached hydrogens (tertiary/aromatic N) is 2. The summed E-state index contributed by atoms with van der Waals surface area (Å²) < 4.78 is 46.8. The molecule has 2 N–H and O–H groups in total. The molecule has 10 heteroatoms. The van der Waals surface area contributed by atoms with Crippen molar-refractivity contribution in [3.8, 4) is 0 Å². The zero-order valence-corrected chi connectivity index (χ0v) is 16.5. The number of halogens is 3. The summed E-state index contributed by atoms with van der Waals surface area (Å²) in [5.41, 5.74) is -0.626. The van der Waals surface area contributed by atoms with Crippen LogP contribution in [0.15, 0.2) is 30.3 Å². The molecule has 2 fully saturated rings. The average molecular weight is 430 g/mol. The second kappa shape index (κ2) is 8.43. The van der Waals surface area contributed by atoms with Gasteiger partial charge in [0, 0.05) is 25.7 Å². The molecule has 1 aromatic carbocycles. The Balaban J connectivity index is 1.88. The van der Waals surface area contributed by atoms with Gasteiger partial charge < -0.3 is 24.7 Å². The molecule has 7 nitrogen and oxygen atoms in total. The molecule has 30 heavy (non-hydrogen) atoms. The van der Waals surface area contributed by atoms with E-state index < -0.39 is 48.4 Å². The molecule has 0 bridgehead atoms. The van der Waals surface area contributed by atoms with Crippen molar-refractivity contribution in [1.82, 2.24) is 9.80 Å². The standard InChI is InChI=1S/C20H25F3N2O5/c1-24(17(27)13-5-3-2-4-6-13)15-11-19(7-9-25(10-8-19)18(28)29)30-16(15)14(12-26)20(21,22)23/h2-6,14-16,26H,7-12H2,1H3,(H,28,29). The fourth-order valence-electron chi connectivity index (χ4n) is 4.38. The molecule has 1 aromatic rings. The van der Waals surface area contributed by atoms with Gasteiger partial charge in [0.2, 0.25) is 0 Å². The summed E-state index contributed by atoms with van der Waals surface area (Å²) in [6.45, 7) is -0.878. The van der Waals surface area contributed by atoms with Crippen molar-refractivity contribution in [1.29, 1.82) is 0 Å². The van der Waals surface area contributed by atoms with E-state index in [0.29, 0.717) is 5.56 Å². The topological polar surface area (TPSA) is 90.3 Å². The first-order valence-corrected chi connectivity index (χ1v) is 9.73. The number of carboxylic acid groups (broad SMARTS) is 1. The number of aliphatic hydroxyl groups excluding tert-OH is 1. The highest BCUT2D eigenvalue weighted by Crippen LogP contribution is 2.46. The van der Waals surface area contributed by atoms with Crippen LogP contribution in [0.4, 0.5) is 18.0 Å². The Labute approximate surface area is 172 Å². The zero-order chi connectivity index (χ0) is 22.1. The van der Waals surface area contributed by atoms with Crippen molar-refractivity contribution in [2.24, 2.45) is 5.92 Å². The SMILES string of the molecule is CN(C(=O)c1ccccc1)C1CC2(CCN(C(=O)O)CC2)OC1C(CO)C(F)(F)F. The van der Waals surface area contributed by atoms with Crippen LogP contribution in [0.1, 0.15) is 29.6 Å². The number of benzene rings is 1. The molecule has 2 aliphatic rings. The second-order valence-electron chi connectivity index (χ2n) is 7.92. The number of likely N-dealkylation sites (N-methyl/N-ethyl adjacent to an activating group) is 1. The van der Waals surface area contributed by atoms with E-state index in [4.69, 9.17) is 9.84 Å². The van der Waals surface area contributed by atoms with Crippen LogP contribution in [-0.4, -0.2) is 82.7 Å². The Hall–Kier alpha value is -2.33. The predicted octanol–water partition coefficient (Wildman–Crippen LogP) is 2.60. The first-order chi connectivity index (χ1) is 14.1. The quantitative estimate of drug-likeness (QED) is 0.767. The third-order valence-corrected chi connectivity index (χ3v) is 6.14. The van der Waals surface area contributed by atoms with E-state index in [2.05, 4.69) is 0 Å². The summed E-state index contributed by atoms with van der Waals surface area (Å²) in [6, 6.07) is 7.32. The highest BCUT2D eigenvalue weighted by molar-refractivity contribution is 5.94. The lowest BCUT2D eigenvalue weighted by Crippen LogP contribution is -2.49. The lowest BCUT2D eigenvalue weighted by atomic mass is 9.85. The van der Waals surface area contributed by atoms with E-state index in [1.54, 1.807) is 30.3 Å². The Morgan fingerprint density at radius 1 is 1.27 bits per heavy atom. The minimum absolute atomic E-state index is 0.140. The third kappa shape index (κ3) is 4.39. The van der Waals surface area contributed by atoms with Gasteiger partial charge in [0.25, 0.3) is 5.91 Å². The number of amides is 2. The summed E-state index contributed by atoms with van der Waals surface area (Å²) >= 11 is 0. The number of alkyl halides is 3. The summed E-state index contributed by atoms with van der Waals surface area (Å²) in [5, 5.41) is 18.6. The van der Waals surface area contributed by atoms with Gasteiger partial charge in [-0.05, 0) is 31.4 Å². The molecule has 3 atom stereocenters. The van der Waals surface area contributed by atoms with Crippen LogP contribution in [0.5, 0.6) is 0 Å². The maximum atomic E-state index is 13.6. The molecule has 0 radical (unpaired) electrons. The van der Waals surface area contributed by atoms with Crippen molar-refractivity contribution < 1.29 is 37.7 Å². The van der Waals surface area contributed by atoms with Gasteiger partial charge in [-0.2, -0.15) is 13.2 Å². The van der Waals surface area contributed by atoms with Crippen LogP contribution >= 0.6 is 0 Å².